The van der Waals surface area contributed by atoms with E-state index < -0.39 is 12.7 Å². The van der Waals surface area contributed by atoms with E-state index in [0.717, 1.165) is 26.3 Å². The van der Waals surface area contributed by atoms with Crippen LogP contribution >= 0.6 is 0 Å². The zero-order valence-electron chi connectivity index (χ0n) is 15.0. The van der Waals surface area contributed by atoms with E-state index in [-0.39, 0.29) is 12.1 Å². The molecule has 0 aliphatic carbocycles. The summed E-state index contributed by atoms with van der Waals surface area (Å²) in [5.41, 5.74) is -0.0610. The molecule has 6 nitrogen and oxygen atoms in total. The van der Waals surface area contributed by atoms with Gasteiger partial charge in [0.15, 0.2) is 5.96 Å². The van der Waals surface area contributed by atoms with Crippen LogP contribution in [-0.4, -0.2) is 94.1 Å². The first-order valence-electron chi connectivity index (χ1n) is 8.17. The third kappa shape index (κ3) is 8.16. The number of hydrogen-bond acceptors (Lipinski definition) is 4. The van der Waals surface area contributed by atoms with E-state index in [1.165, 1.54) is 11.9 Å². The molecule has 1 heterocycles. The van der Waals surface area contributed by atoms with Crippen LogP contribution in [0.15, 0.2) is 4.99 Å². The van der Waals surface area contributed by atoms with Crippen molar-refractivity contribution in [3.8, 4) is 0 Å². The largest absolute Gasteiger partial charge is 0.401 e. The van der Waals surface area contributed by atoms with Crippen LogP contribution in [0.4, 0.5) is 13.2 Å². The summed E-state index contributed by atoms with van der Waals surface area (Å²) in [7, 11) is 3.10. The van der Waals surface area contributed by atoms with Crippen molar-refractivity contribution in [3.05, 3.63) is 0 Å². The number of morpholine rings is 1. The lowest BCUT2D eigenvalue weighted by Crippen LogP contribution is -2.56. The molecule has 0 spiro atoms. The standard InChI is InChI=1S/C15H30F3N5O/c1-14(2,23-7-9-24-10-8-23)11-21-13(19-3)20-5-6-22(4)12-15(16,17)18/h5-12H2,1-4H3,(H2,19,20,21). The highest BCUT2D eigenvalue weighted by Crippen LogP contribution is 2.15. The van der Waals surface area contributed by atoms with Crippen molar-refractivity contribution in [3.63, 3.8) is 0 Å². The maximum Gasteiger partial charge on any atom is 0.401 e. The van der Waals surface area contributed by atoms with Crippen molar-refractivity contribution in [1.82, 2.24) is 20.4 Å². The third-order valence-electron chi connectivity index (χ3n) is 4.01. The van der Waals surface area contributed by atoms with E-state index in [2.05, 4.69) is 34.4 Å². The third-order valence-corrected chi connectivity index (χ3v) is 4.01. The van der Waals surface area contributed by atoms with Crippen LogP contribution in [0.1, 0.15) is 13.8 Å². The maximum atomic E-state index is 12.3. The number of nitrogens with one attached hydrogen (secondary N) is 2. The summed E-state index contributed by atoms with van der Waals surface area (Å²) in [6.07, 6.45) is -4.17. The normalized spacial score (nSPS) is 18.1. The lowest BCUT2D eigenvalue weighted by atomic mass is 10.0. The van der Waals surface area contributed by atoms with Crippen LogP contribution in [0.5, 0.6) is 0 Å². The summed E-state index contributed by atoms with van der Waals surface area (Å²) in [6.45, 7) is 8.01. The van der Waals surface area contributed by atoms with Gasteiger partial charge in [-0.2, -0.15) is 13.2 Å². The monoisotopic (exact) mass is 353 g/mol. The molecule has 1 rings (SSSR count). The van der Waals surface area contributed by atoms with Crippen molar-refractivity contribution in [2.75, 3.05) is 66.6 Å². The number of aliphatic imine (C=N–C) groups is 1. The van der Waals surface area contributed by atoms with Crippen LogP contribution in [-0.2, 0) is 4.74 Å². The van der Waals surface area contributed by atoms with Crippen molar-refractivity contribution >= 4 is 5.96 Å². The second-order valence-corrected chi connectivity index (χ2v) is 6.62. The highest BCUT2D eigenvalue weighted by Gasteiger charge is 2.29. The molecular formula is C15H30F3N5O. The van der Waals surface area contributed by atoms with Gasteiger partial charge < -0.3 is 15.4 Å². The number of likely N-dealkylation sites (N-methyl/N-ethyl adjacent to an activating group) is 1. The summed E-state index contributed by atoms with van der Waals surface area (Å²) in [5, 5.41) is 6.29. The van der Waals surface area contributed by atoms with Gasteiger partial charge in [0, 0.05) is 45.3 Å². The lowest BCUT2D eigenvalue weighted by Gasteiger charge is -2.41. The number of nitrogens with zero attached hydrogens (tertiary/aromatic N) is 3. The number of halogens is 3. The molecule has 1 aliphatic rings. The van der Waals surface area contributed by atoms with Crippen molar-refractivity contribution in [1.29, 1.82) is 0 Å². The van der Waals surface area contributed by atoms with Gasteiger partial charge in [0.25, 0.3) is 0 Å². The Labute approximate surface area is 142 Å². The minimum absolute atomic E-state index is 0.0610. The molecule has 9 heteroatoms. The van der Waals surface area contributed by atoms with E-state index in [9.17, 15) is 13.2 Å². The minimum atomic E-state index is -4.17. The number of rotatable bonds is 7. The van der Waals surface area contributed by atoms with Gasteiger partial charge in [0.05, 0.1) is 19.8 Å². The summed E-state index contributed by atoms with van der Waals surface area (Å²) in [6, 6.07) is 0. The zero-order valence-corrected chi connectivity index (χ0v) is 15.0. The predicted octanol–water partition coefficient (Wildman–Crippen LogP) is 0.756. The predicted molar refractivity (Wildman–Crippen MR) is 89.4 cm³/mol. The van der Waals surface area contributed by atoms with Gasteiger partial charge >= 0.3 is 6.18 Å². The summed E-state index contributed by atoms with van der Waals surface area (Å²) >= 11 is 0. The van der Waals surface area contributed by atoms with E-state index in [1.54, 1.807) is 7.05 Å². The van der Waals surface area contributed by atoms with Crippen molar-refractivity contribution in [2.24, 2.45) is 4.99 Å². The molecule has 0 atom stereocenters. The van der Waals surface area contributed by atoms with Gasteiger partial charge in [-0.1, -0.05) is 0 Å². The molecule has 24 heavy (non-hydrogen) atoms. The van der Waals surface area contributed by atoms with E-state index in [0.29, 0.717) is 19.0 Å². The highest BCUT2D eigenvalue weighted by atomic mass is 19.4. The lowest BCUT2D eigenvalue weighted by molar-refractivity contribution is -0.142. The average molecular weight is 353 g/mol. The van der Waals surface area contributed by atoms with E-state index in [4.69, 9.17) is 4.74 Å². The molecule has 0 amide bonds. The average Bonchev–Trinajstić information content (AvgIpc) is 2.49. The molecule has 0 unspecified atom stereocenters. The summed E-state index contributed by atoms with van der Waals surface area (Å²) < 4.78 is 42.2. The number of ether oxygens (including phenoxy) is 1. The molecule has 2 N–H and O–H groups in total. The molecule has 1 aliphatic heterocycles. The fraction of sp³-hybridized carbons (Fsp3) is 0.933. The second kappa shape index (κ2) is 9.43. The van der Waals surface area contributed by atoms with Crippen LogP contribution in [0.25, 0.3) is 0 Å². The Balaban J connectivity index is 2.31. The van der Waals surface area contributed by atoms with Crippen molar-refractivity contribution in [2.45, 2.75) is 25.6 Å². The van der Waals surface area contributed by atoms with Crippen molar-refractivity contribution < 1.29 is 17.9 Å². The topological polar surface area (TPSA) is 52.1 Å². The molecule has 0 aromatic rings. The minimum Gasteiger partial charge on any atom is -0.379 e. The first kappa shape index (κ1) is 21.0. The van der Waals surface area contributed by atoms with Gasteiger partial charge in [-0.3, -0.25) is 14.8 Å². The Bertz CT molecular complexity index is 395. The Hall–Kier alpha value is -1.06. The molecule has 0 bridgehead atoms. The van der Waals surface area contributed by atoms with Crippen LogP contribution < -0.4 is 10.6 Å². The van der Waals surface area contributed by atoms with Gasteiger partial charge in [-0.15, -0.1) is 0 Å². The molecule has 0 radical (unpaired) electrons. The fourth-order valence-electron chi connectivity index (χ4n) is 2.55. The molecule has 0 aromatic heterocycles. The van der Waals surface area contributed by atoms with Crippen LogP contribution in [0.3, 0.4) is 0 Å². The molecule has 0 aromatic carbocycles. The quantitative estimate of drug-likeness (QED) is 0.523. The maximum absolute atomic E-state index is 12.3. The zero-order chi connectivity index (χ0) is 18.2. The molecule has 142 valence electrons. The van der Waals surface area contributed by atoms with Gasteiger partial charge in [-0.05, 0) is 20.9 Å². The van der Waals surface area contributed by atoms with Gasteiger partial charge in [0.2, 0.25) is 0 Å². The second-order valence-electron chi connectivity index (χ2n) is 6.62. The number of hydrogen-bond donors (Lipinski definition) is 2. The van der Waals surface area contributed by atoms with E-state index >= 15 is 0 Å². The molecule has 1 saturated heterocycles. The van der Waals surface area contributed by atoms with E-state index in [1.807, 2.05) is 0 Å². The fourth-order valence-corrected chi connectivity index (χ4v) is 2.55. The number of alkyl halides is 3. The molecule has 0 saturated carbocycles. The first-order chi connectivity index (χ1) is 11.1. The molecule has 1 fully saturated rings. The first-order valence-corrected chi connectivity index (χ1v) is 8.17. The smallest absolute Gasteiger partial charge is 0.379 e. The van der Waals surface area contributed by atoms with Crippen LogP contribution in [0.2, 0.25) is 0 Å². The Kier molecular flexibility index (Phi) is 8.24. The van der Waals surface area contributed by atoms with Crippen LogP contribution in [0, 0.1) is 0 Å². The number of guanidine groups is 1. The highest BCUT2D eigenvalue weighted by molar-refractivity contribution is 5.79. The Morgan fingerprint density at radius 1 is 1.21 bits per heavy atom. The summed E-state index contributed by atoms with van der Waals surface area (Å²) in [5.74, 6) is 0.594. The Morgan fingerprint density at radius 2 is 1.83 bits per heavy atom. The molecular weight excluding hydrogens is 323 g/mol. The SMILES string of the molecule is CN=C(NCCN(C)CC(F)(F)F)NCC(C)(C)N1CCOCC1. The Morgan fingerprint density at radius 3 is 2.38 bits per heavy atom. The van der Waals surface area contributed by atoms with Gasteiger partial charge in [-0.25, -0.2) is 0 Å². The summed E-state index contributed by atoms with van der Waals surface area (Å²) in [4.78, 5) is 7.71. The van der Waals surface area contributed by atoms with Gasteiger partial charge in [0.1, 0.15) is 0 Å².